The van der Waals surface area contributed by atoms with Crippen molar-refractivity contribution in [2.24, 2.45) is 0 Å². The highest BCUT2D eigenvalue weighted by Crippen LogP contribution is 2.26. The molecule has 0 fully saturated rings. The SMILES string of the molecule is O=C(Nc1cc(F)ccc1F)c1ccc2c(c1)NCCN2. The van der Waals surface area contributed by atoms with E-state index < -0.39 is 17.5 Å². The average molecular weight is 289 g/mol. The molecule has 0 unspecified atom stereocenters. The first-order valence-corrected chi connectivity index (χ1v) is 6.52. The Hall–Kier alpha value is -2.63. The first-order chi connectivity index (χ1) is 10.1. The van der Waals surface area contributed by atoms with Crippen LogP contribution in [0.25, 0.3) is 0 Å². The topological polar surface area (TPSA) is 53.2 Å². The average Bonchev–Trinajstić information content (AvgIpc) is 2.50. The van der Waals surface area contributed by atoms with Crippen LogP contribution in [0.1, 0.15) is 10.4 Å². The van der Waals surface area contributed by atoms with Crippen LogP contribution in [-0.2, 0) is 0 Å². The van der Waals surface area contributed by atoms with Crippen molar-refractivity contribution in [3.05, 3.63) is 53.6 Å². The number of rotatable bonds is 2. The summed E-state index contributed by atoms with van der Waals surface area (Å²) in [6, 6.07) is 8.01. The Kier molecular flexibility index (Phi) is 3.43. The minimum Gasteiger partial charge on any atom is -0.382 e. The third-order valence-electron chi connectivity index (χ3n) is 3.21. The maximum Gasteiger partial charge on any atom is 0.255 e. The number of fused-ring (bicyclic) bond motifs is 1. The van der Waals surface area contributed by atoms with Crippen LogP contribution >= 0.6 is 0 Å². The Morgan fingerprint density at radius 2 is 1.76 bits per heavy atom. The standard InChI is InChI=1S/C15H13F2N3O/c16-10-2-3-11(17)13(8-10)20-15(21)9-1-4-12-14(7-9)19-6-5-18-12/h1-4,7-8,18-19H,5-6H2,(H,20,21). The number of hydrogen-bond acceptors (Lipinski definition) is 3. The van der Waals surface area contributed by atoms with Gasteiger partial charge in [-0.05, 0) is 30.3 Å². The van der Waals surface area contributed by atoms with Crippen molar-refractivity contribution >= 4 is 23.0 Å². The van der Waals surface area contributed by atoms with Gasteiger partial charge in [-0.25, -0.2) is 8.78 Å². The maximum atomic E-state index is 13.5. The molecule has 108 valence electrons. The highest BCUT2D eigenvalue weighted by Gasteiger charge is 2.14. The second-order valence-electron chi connectivity index (χ2n) is 4.69. The summed E-state index contributed by atoms with van der Waals surface area (Å²) in [5, 5.41) is 8.73. The van der Waals surface area contributed by atoms with Gasteiger partial charge >= 0.3 is 0 Å². The van der Waals surface area contributed by atoms with Crippen molar-refractivity contribution in [3.63, 3.8) is 0 Å². The van der Waals surface area contributed by atoms with Crippen molar-refractivity contribution < 1.29 is 13.6 Å². The zero-order chi connectivity index (χ0) is 14.8. The number of nitrogens with one attached hydrogen (secondary N) is 3. The van der Waals surface area contributed by atoms with Crippen molar-refractivity contribution in [3.8, 4) is 0 Å². The number of hydrogen-bond donors (Lipinski definition) is 3. The lowest BCUT2D eigenvalue weighted by atomic mass is 10.1. The van der Waals surface area contributed by atoms with Crippen LogP contribution in [0.2, 0.25) is 0 Å². The predicted octanol–water partition coefficient (Wildman–Crippen LogP) is 3.05. The lowest BCUT2D eigenvalue weighted by molar-refractivity contribution is 0.102. The summed E-state index contributed by atoms with van der Waals surface area (Å²) in [4.78, 5) is 12.1. The largest absolute Gasteiger partial charge is 0.382 e. The van der Waals surface area contributed by atoms with Crippen molar-refractivity contribution in [1.82, 2.24) is 0 Å². The van der Waals surface area contributed by atoms with Crippen LogP contribution in [0.15, 0.2) is 36.4 Å². The van der Waals surface area contributed by atoms with Gasteiger partial charge in [-0.15, -0.1) is 0 Å². The number of anilines is 3. The molecule has 2 aromatic carbocycles. The molecule has 4 nitrogen and oxygen atoms in total. The Morgan fingerprint density at radius 3 is 2.57 bits per heavy atom. The lowest BCUT2D eigenvalue weighted by Crippen LogP contribution is -2.21. The molecule has 3 N–H and O–H groups in total. The van der Waals surface area contributed by atoms with Crippen molar-refractivity contribution in [2.45, 2.75) is 0 Å². The first kappa shape index (κ1) is 13.4. The quantitative estimate of drug-likeness (QED) is 0.796. The molecule has 0 aliphatic carbocycles. The van der Waals surface area contributed by atoms with E-state index in [1.54, 1.807) is 18.2 Å². The summed E-state index contributed by atoms with van der Waals surface area (Å²) in [6.07, 6.45) is 0. The molecule has 21 heavy (non-hydrogen) atoms. The zero-order valence-corrected chi connectivity index (χ0v) is 11.0. The second-order valence-corrected chi connectivity index (χ2v) is 4.69. The number of carbonyl (C=O) groups is 1. The summed E-state index contributed by atoms with van der Waals surface area (Å²) in [7, 11) is 0. The number of carbonyl (C=O) groups excluding carboxylic acids is 1. The molecule has 0 bridgehead atoms. The van der Waals surface area contributed by atoms with Gasteiger partial charge in [-0.3, -0.25) is 4.79 Å². The minimum atomic E-state index is -0.678. The van der Waals surface area contributed by atoms with Gasteiger partial charge in [-0.2, -0.15) is 0 Å². The molecule has 0 saturated carbocycles. The summed E-state index contributed by atoms with van der Waals surface area (Å²) < 4.78 is 26.6. The molecular weight excluding hydrogens is 276 g/mol. The molecule has 3 rings (SSSR count). The van der Waals surface area contributed by atoms with Crippen molar-refractivity contribution in [2.75, 3.05) is 29.0 Å². The van der Waals surface area contributed by atoms with E-state index in [2.05, 4.69) is 16.0 Å². The molecule has 0 saturated heterocycles. The van der Waals surface area contributed by atoms with E-state index >= 15 is 0 Å². The Bertz CT molecular complexity index is 703. The molecule has 6 heteroatoms. The molecule has 1 heterocycles. The highest BCUT2D eigenvalue weighted by molar-refractivity contribution is 6.05. The zero-order valence-electron chi connectivity index (χ0n) is 11.0. The number of amides is 1. The third-order valence-corrected chi connectivity index (χ3v) is 3.21. The van der Waals surface area contributed by atoms with E-state index in [1.807, 2.05) is 0 Å². The van der Waals surface area contributed by atoms with E-state index in [0.29, 0.717) is 5.56 Å². The molecule has 0 aromatic heterocycles. The maximum absolute atomic E-state index is 13.5. The third kappa shape index (κ3) is 2.79. The van der Waals surface area contributed by atoms with Crippen LogP contribution in [-0.4, -0.2) is 19.0 Å². The van der Waals surface area contributed by atoms with Crippen LogP contribution in [0, 0.1) is 11.6 Å². The predicted molar refractivity (Wildman–Crippen MR) is 77.7 cm³/mol. The molecule has 0 spiro atoms. The smallest absolute Gasteiger partial charge is 0.255 e. The lowest BCUT2D eigenvalue weighted by Gasteiger charge is -2.20. The highest BCUT2D eigenvalue weighted by atomic mass is 19.1. The van der Waals surface area contributed by atoms with Gasteiger partial charge in [0.2, 0.25) is 0 Å². The molecule has 1 aliphatic rings. The van der Waals surface area contributed by atoms with E-state index in [-0.39, 0.29) is 5.69 Å². The van der Waals surface area contributed by atoms with Gasteiger partial charge in [0.15, 0.2) is 0 Å². The number of halogens is 2. The van der Waals surface area contributed by atoms with Crippen LogP contribution < -0.4 is 16.0 Å². The molecular formula is C15H13F2N3O. The summed E-state index contributed by atoms with van der Waals surface area (Å²) in [5.74, 6) is -1.78. The summed E-state index contributed by atoms with van der Waals surface area (Å²) >= 11 is 0. The molecule has 0 radical (unpaired) electrons. The summed E-state index contributed by atoms with van der Waals surface area (Å²) in [6.45, 7) is 1.57. The Labute approximate surface area is 120 Å². The van der Waals surface area contributed by atoms with Crippen LogP contribution in [0.5, 0.6) is 0 Å². The second kappa shape index (κ2) is 5.40. The number of benzene rings is 2. The van der Waals surface area contributed by atoms with Crippen molar-refractivity contribution in [1.29, 1.82) is 0 Å². The van der Waals surface area contributed by atoms with Gasteiger partial charge in [0.05, 0.1) is 17.1 Å². The fourth-order valence-corrected chi connectivity index (χ4v) is 2.17. The van der Waals surface area contributed by atoms with E-state index in [4.69, 9.17) is 0 Å². The molecule has 0 atom stereocenters. The van der Waals surface area contributed by atoms with Crippen LogP contribution in [0.3, 0.4) is 0 Å². The fourth-order valence-electron chi connectivity index (χ4n) is 2.17. The van der Waals surface area contributed by atoms with E-state index in [0.717, 1.165) is 42.7 Å². The molecule has 2 aromatic rings. The van der Waals surface area contributed by atoms with Crippen LogP contribution in [0.4, 0.5) is 25.8 Å². The Morgan fingerprint density at radius 1 is 1.00 bits per heavy atom. The van der Waals surface area contributed by atoms with E-state index in [1.165, 1.54) is 0 Å². The molecule has 1 amide bonds. The normalized spacial score (nSPS) is 12.9. The van der Waals surface area contributed by atoms with Gasteiger partial charge in [0.1, 0.15) is 11.6 Å². The van der Waals surface area contributed by atoms with E-state index in [9.17, 15) is 13.6 Å². The van der Waals surface area contributed by atoms with Gasteiger partial charge in [0.25, 0.3) is 5.91 Å². The first-order valence-electron chi connectivity index (χ1n) is 6.52. The molecule has 1 aliphatic heterocycles. The monoisotopic (exact) mass is 289 g/mol. The van der Waals surface area contributed by atoms with Gasteiger partial charge in [-0.1, -0.05) is 0 Å². The Balaban J connectivity index is 1.83. The minimum absolute atomic E-state index is 0.177. The summed E-state index contributed by atoms with van der Waals surface area (Å²) in [5.41, 5.74) is 1.92. The fraction of sp³-hybridized carbons (Fsp3) is 0.133. The van der Waals surface area contributed by atoms with Gasteiger partial charge < -0.3 is 16.0 Å². The van der Waals surface area contributed by atoms with Gasteiger partial charge in [0, 0.05) is 24.7 Å².